The molecule has 4 nitrogen and oxygen atoms in total. The highest BCUT2D eigenvalue weighted by molar-refractivity contribution is 5.35. The molecule has 1 aromatic heterocycles. The number of hydrogen-bond donors (Lipinski definition) is 1. The molecule has 1 aliphatic heterocycles. The Balaban J connectivity index is 1.58. The second-order valence-corrected chi connectivity index (χ2v) is 6.79. The van der Waals surface area contributed by atoms with Crippen LogP contribution in [0.25, 0.3) is 0 Å². The highest BCUT2D eigenvalue weighted by atomic mass is 16.5. The molecule has 1 atom stereocenters. The second-order valence-electron chi connectivity index (χ2n) is 6.79. The Morgan fingerprint density at radius 2 is 1.74 bits per heavy atom. The predicted octanol–water partition coefficient (Wildman–Crippen LogP) is 3.66. The Labute approximate surface area is 160 Å². The van der Waals surface area contributed by atoms with Crippen molar-refractivity contribution in [1.29, 1.82) is 0 Å². The molecule has 4 heteroatoms. The van der Waals surface area contributed by atoms with E-state index in [0.717, 1.165) is 37.6 Å². The van der Waals surface area contributed by atoms with Crippen LogP contribution in [0.2, 0.25) is 0 Å². The van der Waals surface area contributed by atoms with E-state index in [0.29, 0.717) is 6.61 Å². The number of ether oxygens (including phenoxy) is 1. The van der Waals surface area contributed by atoms with Gasteiger partial charge in [-0.25, -0.2) is 0 Å². The fourth-order valence-electron chi connectivity index (χ4n) is 3.56. The molecular weight excluding hydrogens is 334 g/mol. The molecule has 0 aliphatic carbocycles. The Bertz CT molecular complexity index is 833. The summed E-state index contributed by atoms with van der Waals surface area (Å²) in [6.45, 7) is 4.61. The van der Waals surface area contributed by atoms with Crippen LogP contribution in [-0.4, -0.2) is 36.1 Å². The molecule has 2 heterocycles. The molecule has 0 saturated carbocycles. The third-order valence-corrected chi connectivity index (χ3v) is 4.91. The summed E-state index contributed by atoms with van der Waals surface area (Å²) in [6, 6.07) is 25.0. The first kappa shape index (κ1) is 17.7. The zero-order valence-corrected chi connectivity index (χ0v) is 15.4. The van der Waals surface area contributed by atoms with E-state index in [2.05, 4.69) is 57.7 Å². The molecule has 1 N–H and O–H groups in total. The van der Waals surface area contributed by atoms with E-state index in [1.807, 2.05) is 36.5 Å². The van der Waals surface area contributed by atoms with Crippen LogP contribution in [0.4, 0.5) is 0 Å². The zero-order chi connectivity index (χ0) is 18.3. The van der Waals surface area contributed by atoms with Crippen LogP contribution in [0.5, 0.6) is 5.75 Å². The molecular formula is C23H25N3O. The van der Waals surface area contributed by atoms with Crippen LogP contribution < -0.4 is 10.1 Å². The molecule has 1 aliphatic rings. The maximum atomic E-state index is 6.05. The summed E-state index contributed by atoms with van der Waals surface area (Å²) in [7, 11) is 0. The highest BCUT2D eigenvalue weighted by Crippen LogP contribution is 2.30. The molecule has 138 valence electrons. The lowest BCUT2D eigenvalue weighted by Gasteiger charge is -2.35. The van der Waals surface area contributed by atoms with Gasteiger partial charge in [0.05, 0.1) is 11.7 Å². The van der Waals surface area contributed by atoms with E-state index in [-0.39, 0.29) is 6.04 Å². The van der Waals surface area contributed by atoms with E-state index in [1.165, 1.54) is 11.1 Å². The summed E-state index contributed by atoms with van der Waals surface area (Å²) in [6.07, 6.45) is 1.88. The van der Waals surface area contributed by atoms with Gasteiger partial charge in [-0.2, -0.15) is 0 Å². The normalized spacial score (nSPS) is 16.0. The quantitative estimate of drug-likeness (QED) is 0.729. The predicted molar refractivity (Wildman–Crippen MR) is 108 cm³/mol. The van der Waals surface area contributed by atoms with Gasteiger partial charge < -0.3 is 10.1 Å². The number of nitrogens with zero attached hydrogens (tertiary/aromatic N) is 2. The Kier molecular flexibility index (Phi) is 5.77. The van der Waals surface area contributed by atoms with Crippen LogP contribution in [0.1, 0.15) is 22.9 Å². The van der Waals surface area contributed by atoms with Crippen molar-refractivity contribution in [3.63, 3.8) is 0 Å². The number of nitrogens with one attached hydrogen (secondary N) is 1. The number of aromatic nitrogens is 1. The lowest BCUT2D eigenvalue weighted by Crippen LogP contribution is -2.45. The number of benzene rings is 2. The fraction of sp³-hybridized carbons (Fsp3) is 0.261. The van der Waals surface area contributed by atoms with Crippen LogP contribution in [0.15, 0.2) is 79.0 Å². The average Bonchev–Trinajstić information content (AvgIpc) is 2.75. The average molecular weight is 359 g/mol. The molecule has 1 fully saturated rings. The van der Waals surface area contributed by atoms with E-state index < -0.39 is 0 Å². The molecule has 27 heavy (non-hydrogen) atoms. The lowest BCUT2D eigenvalue weighted by molar-refractivity contribution is 0.195. The van der Waals surface area contributed by atoms with Gasteiger partial charge in [0.15, 0.2) is 0 Å². The molecule has 3 aromatic rings. The van der Waals surface area contributed by atoms with Crippen molar-refractivity contribution in [2.75, 3.05) is 26.2 Å². The Morgan fingerprint density at radius 1 is 0.926 bits per heavy atom. The molecule has 2 aromatic carbocycles. The summed E-state index contributed by atoms with van der Waals surface area (Å²) in [4.78, 5) is 7.15. The molecule has 0 amide bonds. The minimum atomic E-state index is 0.147. The van der Waals surface area contributed by atoms with Crippen molar-refractivity contribution in [1.82, 2.24) is 15.2 Å². The van der Waals surface area contributed by atoms with Crippen LogP contribution in [-0.2, 0) is 6.61 Å². The summed E-state index contributed by atoms with van der Waals surface area (Å²) < 4.78 is 6.05. The van der Waals surface area contributed by atoms with E-state index in [1.54, 1.807) is 0 Å². The third kappa shape index (κ3) is 4.54. The minimum Gasteiger partial charge on any atom is -0.489 e. The summed E-state index contributed by atoms with van der Waals surface area (Å²) in [5, 5.41) is 3.44. The molecule has 1 unspecified atom stereocenters. The topological polar surface area (TPSA) is 37.4 Å². The van der Waals surface area contributed by atoms with Crippen molar-refractivity contribution >= 4 is 0 Å². The van der Waals surface area contributed by atoms with Gasteiger partial charge in [-0.3, -0.25) is 9.88 Å². The van der Waals surface area contributed by atoms with E-state index in [9.17, 15) is 0 Å². The maximum Gasteiger partial charge on any atom is 0.120 e. The Hall–Kier alpha value is -2.69. The van der Waals surface area contributed by atoms with Crippen LogP contribution in [0.3, 0.4) is 0 Å². The van der Waals surface area contributed by atoms with Gasteiger partial charge in [0.2, 0.25) is 0 Å². The Morgan fingerprint density at radius 3 is 2.52 bits per heavy atom. The SMILES string of the molecule is c1ccc(COc2cccc(C(c3ccccn3)N3CCNCC3)c2)cc1. The van der Waals surface area contributed by atoms with Crippen molar-refractivity contribution in [3.05, 3.63) is 95.8 Å². The first-order chi connectivity index (χ1) is 13.4. The molecule has 0 spiro atoms. The zero-order valence-electron chi connectivity index (χ0n) is 15.4. The summed E-state index contributed by atoms with van der Waals surface area (Å²) >= 11 is 0. The smallest absolute Gasteiger partial charge is 0.120 e. The van der Waals surface area contributed by atoms with Gasteiger partial charge in [-0.05, 0) is 35.4 Å². The first-order valence-electron chi connectivity index (χ1n) is 9.52. The van der Waals surface area contributed by atoms with E-state index >= 15 is 0 Å². The summed E-state index contributed by atoms with van der Waals surface area (Å²) in [5.41, 5.74) is 3.48. The highest BCUT2D eigenvalue weighted by Gasteiger charge is 2.25. The summed E-state index contributed by atoms with van der Waals surface area (Å²) in [5.74, 6) is 0.896. The van der Waals surface area contributed by atoms with Crippen LogP contribution >= 0.6 is 0 Å². The van der Waals surface area contributed by atoms with Gasteiger partial charge in [0, 0.05) is 32.4 Å². The van der Waals surface area contributed by atoms with Gasteiger partial charge in [-0.15, -0.1) is 0 Å². The second kappa shape index (κ2) is 8.80. The fourth-order valence-corrected chi connectivity index (χ4v) is 3.56. The number of rotatable bonds is 6. The van der Waals surface area contributed by atoms with Crippen LogP contribution in [0, 0.1) is 0 Å². The molecule has 1 saturated heterocycles. The minimum absolute atomic E-state index is 0.147. The number of pyridine rings is 1. The first-order valence-corrected chi connectivity index (χ1v) is 9.52. The van der Waals surface area contributed by atoms with Gasteiger partial charge >= 0.3 is 0 Å². The molecule has 0 radical (unpaired) electrons. The lowest BCUT2D eigenvalue weighted by atomic mass is 10.00. The standard InChI is InChI=1S/C23H25N3O/c1-2-7-19(8-3-1)18-27-21-10-6-9-20(17-21)23(22-11-4-5-12-25-22)26-15-13-24-14-16-26/h1-12,17,23-24H,13-16,18H2. The van der Waals surface area contributed by atoms with Crippen molar-refractivity contribution in [2.24, 2.45) is 0 Å². The molecule has 4 rings (SSSR count). The monoisotopic (exact) mass is 359 g/mol. The van der Waals surface area contributed by atoms with Gasteiger partial charge in [0.25, 0.3) is 0 Å². The van der Waals surface area contributed by atoms with Gasteiger partial charge in [0.1, 0.15) is 12.4 Å². The van der Waals surface area contributed by atoms with Crippen molar-refractivity contribution in [2.45, 2.75) is 12.6 Å². The van der Waals surface area contributed by atoms with Gasteiger partial charge in [-0.1, -0.05) is 48.5 Å². The number of hydrogen-bond acceptors (Lipinski definition) is 4. The third-order valence-electron chi connectivity index (χ3n) is 4.91. The van der Waals surface area contributed by atoms with Crippen molar-refractivity contribution < 1.29 is 4.74 Å². The van der Waals surface area contributed by atoms with E-state index in [4.69, 9.17) is 4.74 Å². The van der Waals surface area contributed by atoms with Crippen molar-refractivity contribution in [3.8, 4) is 5.75 Å². The largest absolute Gasteiger partial charge is 0.489 e. The number of piperazine rings is 1. The molecule has 0 bridgehead atoms. The maximum absolute atomic E-state index is 6.05.